The third kappa shape index (κ3) is 2.70. The van der Waals surface area contributed by atoms with E-state index in [0.29, 0.717) is 11.7 Å². The first-order chi connectivity index (χ1) is 9.17. The normalized spacial score (nSPS) is 10.3. The molecule has 0 aliphatic carbocycles. The van der Waals surface area contributed by atoms with Crippen LogP contribution in [0.4, 0.5) is 15.2 Å². The molecule has 5 nitrogen and oxygen atoms in total. The van der Waals surface area contributed by atoms with Crippen molar-refractivity contribution < 1.29 is 9.18 Å². The Morgan fingerprint density at radius 3 is 2.74 bits per heavy atom. The zero-order valence-corrected chi connectivity index (χ0v) is 11.4. The first kappa shape index (κ1) is 13.4. The molecule has 0 unspecified atom stereocenters. The molecule has 1 aromatic carbocycles. The molecule has 19 heavy (non-hydrogen) atoms. The Hall–Kier alpha value is -2.02. The first-order valence-corrected chi connectivity index (χ1v) is 6.56. The van der Waals surface area contributed by atoms with Gasteiger partial charge in [-0.15, -0.1) is 10.2 Å². The molecular weight excluding hydrogens is 267 g/mol. The lowest BCUT2D eigenvalue weighted by Crippen LogP contribution is -2.31. The Bertz CT molecular complexity index is 587. The Balaban J connectivity index is 2.32. The molecule has 7 heteroatoms. The Morgan fingerprint density at radius 1 is 1.42 bits per heavy atom. The molecule has 0 spiro atoms. The van der Waals surface area contributed by atoms with E-state index in [0.717, 1.165) is 11.3 Å². The van der Waals surface area contributed by atoms with Crippen molar-refractivity contribution in [3.8, 4) is 0 Å². The lowest BCUT2D eigenvalue weighted by Gasteiger charge is -2.19. The quantitative estimate of drug-likeness (QED) is 0.934. The number of aromatic nitrogens is 2. The Labute approximate surface area is 114 Å². The monoisotopic (exact) mass is 280 g/mol. The second-order valence-corrected chi connectivity index (χ2v) is 4.64. The smallest absolute Gasteiger partial charge is 0.289 e. The molecular formula is C12H13FN4OS. The lowest BCUT2D eigenvalue weighted by atomic mass is 10.2. The Morgan fingerprint density at radius 2 is 2.16 bits per heavy atom. The molecule has 1 N–H and O–H groups in total. The standard InChI is InChI=1S/C12H13FN4OS/c1-3-17(9-7-5-4-6-8(9)13)11(18)10-15-16-12(14-2)19-10/h4-7H,3H2,1-2H3,(H,14,16). The van der Waals surface area contributed by atoms with Crippen LogP contribution in [0.1, 0.15) is 16.7 Å². The maximum absolute atomic E-state index is 13.7. The number of nitrogens with one attached hydrogen (secondary N) is 1. The van der Waals surface area contributed by atoms with Crippen LogP contribution >= 0.6 is 11.3 Å². The van der Waals surface area contributed by atoms with Crippen LogP contribution in [0.3, 0.4) is 0 Å². The summed E-state index contributed by atoms with van der Waals surface area (Å²) in [5.41, 5.74) is 0.246. The third-order valence-electron chi connectivity index (χ3n) is 2.53. The van der Waals surface area contributed by atoms with Gasteiger partial charge in [-0.3, -0.25) is 4.79 Å². The van der Waals surface area contributed by atoms with Crippen molar-refractivity contribution in [2.45, 2.75) is 6.92 Å². The molecule has 0 aliphatic rings. The van der Waals surface area contributed by atoms with Gasteiger partial charge in [-0.05, 0) is 19.1 Å². The van der Waals surface area contributed by atoms with E-state index in [-0.39, 0.29) is 16.6 Å². The minimum absolute atomic E-state index is 0.231. The van der Waals surface area contributed by atoms with E-state index in [1.165, 1.54) is 11.0 Å². The van der Waals surface area contributed by atoms with Crippen molar-refractivity contribution in [3.05, 3.63) is 35.1 Å². The number of carbonyl (C=O) groups is 1. The van der Waals surface area contributed by atoms with Crippen LogP contribution in [-0.2, 0) is 0 Å². The number of hydrogen-bond donors (Lipinski definition) is 1. The zero-order valence-electron chi connectivity index (χ0n) is 10.6. The largest absolute Gasteiger partial charge is 0.363 e. The fourth-order valence-corrected chi connectivity index (χ4v) is 2.27. The minimum Gasteiger partial charge on any atom is -0.363 e. The number of hydrogen-bond acceptors (Lipinski definition) is 5. The summed E-state index contributed by atoms with van der Waals surface area (Å²) in [6.07, 6.45) is 0. The minimum atomic E-state index is -0.434. The van der Waals surface area contributed by atoms with Crippen LogP contribution in [-0.4, -0.2) is 29.7 Å². The van der Waals surface area contributed by atoms with Crippen LogP contribution in [0.2, 0.25) is 0 Å². The van der Waals surface area contributed by atoms with Gasteiger partial charge in [-0.25, -0.2) is 4.39 Å². The summed E-state index contributed by atoms with van der Waals surface area (Å²) in [7, 11) is 1.70. The lowest BCUT2D eigenvalue weighted by molar-refractivity contribution is 0.0986. The first-order valence-electron chi connectivity index (χ1n) is 5.75. The van der Waals surface area contributed by atoms with Crippen molar-refractivity contribution in [2.24, 2.45) is 0 Å². The predicted octanol–water partition coefficient (Wildman–Crippen LogP) is 2.39. The molecule has 0 fully saturated rings. The highest BCUT2D eigenvalue weighted by Crippen LogP contribution is 2.23. The SMILES string of the molecule is CCN(C(=O)c1nnc(NC)s1)c1ccccc1F. The van der Waals surface area contributed by atoms with Gasteiger partial charge >= 0.3 is 0 Å². The molecule has 1 heterocycles. The molecule has 0 atom stereocenters. The average molecular weight is 280 g/mol. The van der Waals surface area contributed by atoms with Gasteiger partial charge in [0, 0.05) is 13.6 Å². The Kier molecular flexibility index (Phi) is 4.06. The molecule has 2 aromatic rings. The molecule has 0 aliphatic heterocycles. The number of rotatable bonds is 4. The van der Waals surface area contributed by atoms with E-state index in [9.17, 15) is 9.18 Å². The van der Waals surface area contributed by atoms with Crippen molar-refractivity contribution in [2.75, 3.05) is 23.8 Å². The van der Waals surface area contributed by atoms with Crippen LogP contribution in [0.25, 0.3) is 0 Å². The highest BCUT2D eigenvalue weighted by Gasteiger charge is 2.22. The van der Waals surface area contributed by atoms with E-state index >= 15 is 0 Å². The molecule has 0 bridgehead atoms. The number of anilines is 2. The van der Waals surface area contributed by atoms with Gasteiger partial charge in [0.05, 0.1) is 5.69 Å². The van der Waals surface area contributed by atoms with Crippen molar-refractivity contribution in [1.82, 2.24) is 10.2 Å². The van der Waals surface area contributed by atoms with E-state index in [1.54, 1.807) is 32.2 Å². The van der Waals surface area contributed by atoms with E-state index in [2.05, 4.69) is 15.5 Å². The van der Waals surface area contributed by atoms with Gasteiger partial charge in [-0.1, -0.05) is 23.5 Å². The van der Waals surface area contributed by atoms with Gasteiger partial charge in [0.15, 0.2) is 0 Å². The van der Waals surface area contributed by atoms with Crippen LogP contribution in [0, 0.1) is 5.82 Å². The van der Waals surface area contributed by atoms with Gasteiger partial charge in [0.2, 0.25) is 10.1 Å². The topological polar surface area (TPSA) is 58.1 Å². The van der Waals surface area contributed by atoms with Crippen LogP contribution < -0.4 is 10.2 Å². The van der Waals surface area contributed by atoms with E-state index in [4.69, 9.17) is 0 Å². The molecule has 1 amide bonds. The summed E-state index contributed by atoms with van der Waals surface area (Å²) >= 11 is 1.14. The van der Waals surface area contributed by atoms with Crippen molar-refractivity contribution in [3.63, 3.8) is 0 Å². The summed E-state index contributed by atoms with van der Waals surface area (Å²) in [4.78, 5) is 13.6. The highest BCUT2D eigenvalue weighted by atomic mass is 32.1. The van der Waals surface area contributed by atoms with Crippen LogP contribution in [0.15, 0.2) is 24.3 Å². The second-order valence-electron chi connectivity index (χ2n) is 3.66. The molecule has 100 valence electrons. The average Bonchev–Trinajstić information content (AvgIpc) is 2.90. The summed E-state index contributed by atoms with van der Waals surface area (Å²) in [5, 5.41) is 11.2. The van der Waals surface area contributed by atoms with Crippen LogP contribution in [0.5, 0.6) is 0 Å². The number of carbonyl (C=O) groups excluding carboxylic acids is 1. The second kappa shape index (κ2) is 5.75. The predicted molar refractivity (Wildman–Crippen MR) is 73.2 cm³/mol. The number of benzene rings is 1. The molecule has 0 saturated carbocycles. The summed E-state index contributed by atoms with van der Waals surface area (Å²) < 4.78 is 13.7. The van der Waals surface area contributed by atoms with E-state index in [1.807, 2.05) is 0 Å². The van der Waals surface area contributed by atoms with Gasteiger partial charge in [0.1, 0.15) is 5.82 Å². The maximum atomic E-state index is 13.7. The summed E-state index contributed by atoms with van der Waals surface area (Å²) in [5.74, 6) is -0.789. The van der Waals surface area contributed by atoms with Crippen molar-refractivity contribution >= 4 is 28.1 Å². The number of para-hydroxylation sites is 1. The number of nitrogens with zero attached hydrogens (tertiary/aromatic N) is 3. The number of halogens is 1. The third-order valence-corrected chi connectivity index (χ3v) is 3.46. The van der Waals surface area contributed by atoms with Gasteiger partial charge in [0.25, 0.3) is 5.91 Å². The molecule has 2 rings (SSSR count). The van der Waals surface area contributed by atoms with Gasteiger partial charge in [-0.2, -0.15) is 0 Å². The van der Waals surface area contributed by atoms with Crippen molar-refractivity contribution in [1.29, 1.82) is 0 Å². The summed E-state index contributed by atoms with van der Waals surface area (Å²) in [6.45, 7) is 2.14. The number of amides is 1. The maximum Gasteiger partial charge on any atom is 0.289 e. The highest BCUT2D eigenvalue weighted by molar-refractivity contribution is 7.17. The summed E-state index contributed by atoms with van der Waals surface area (Å²) in [6, 6.07) is 6.16. The molecule has 1 aromatic heterocycles. The van der Waals surface area contributed by atoms with E-state index < -0.39 is 5.82 Å². The molecule has 0 radical (unpaired) electrons. The molecule has 0 saturated heterocycles. The fraction of sp³-hybridized carbons (Fsp3) is 0.250. The fourth-order valence-electron chi connectivity index (χ4n) is 1.62. The zero-order chi connectivity index (χ0) is 13.8. The van der Waals surface area contributed by atoms with Gasteiger partial charge < -0.3 is 10.2 Å².